The van der Waals surface area contributed by atoms with Crippen LogP contribution < -0.4 is 0 Å². The van der Waals surface area contributed by atoms with Crippen molar-refractivity contribution in [3.8, 4) is 0 Å². The number of fused-ring (bicyclic) bond motifs is 1. The van der Waals surface area contributed by atoms with Gasteiger partial charge in [-0.05, 0) is 12.1 Å². The zero-order chi connectivity index (χ0) is 17.8. The number of carbonyl (C=O) groups excluding carboxylic acids is 1. The fraction of sp³-hybridized carbons (Fsp3) is 0.444. The van der Waals surface area contributed by atoms with Crippen LogP contribution in [0.15, 0.2) is 28.7 Å². The third kappa shape index (κ3) is 3.70. The molecule has 0 N–H and O–H groups in total. The molecule has 2 heterocycles. The van der Waals surface area contributed by atoms with Gasteiger partial charge in [0.15, 0.2) is 0 Å². The number of para-hydroxylation sites is 2. The molecule has 0 saturated carbocycles. The van der Waals surface area contributed by atoms with E-state index in [1.807, 2.05) is 31.2 Å². The van der Waals surface area contributed by atoms with Crippen molar-refractivity contribution in [3.63, 3.8) is 0 Å². The van der Waals surface area contributed by atoms with Crippen molar-refractivity contribution in [2.24, 2.45) is 0 Å². The Balaban J connectivity index is 1.65. The number of amides is 1. The van der Waals surface area contributed by atoms with Gasteiger partial charge in [-0.25, -0.2) is 4.98 Å². The Hall–Kier alpha value is -2.70. The largest absolute Gasteiger partial charge is 0.423 e. The summed E-state index contributed by atoms with van der Waals surface area (Å²) < 4.78 is 7.59. The minimum atomic E-state index is 0.0380. The van der Waals surface area contributed by atoms with Crippen LogP contribution in [0.4, 0.5) is 0 Å². The molecule has 0 fully saturated rings. The van der Waals surface area contributed by atoms with E-state index in [-0.39, 0.29) is 5.91 Å². The maximum absolute atomic E-state index is 12.5. The average Bonchev–Trinajstić information content (AvgIpc) is 3.23. The summed E-state index contributed by atoms with van der Waals surface area (Å²) in [6, 6.07) is 8.02. The first kappa shape index (κ1) is 17.1. The average molecular weight is 341 g/mol. The Kier molecular flexibility index (Phi) is 5.11. The SMILES string of the molecule is CCc1nnc(CN(C)C(=O)CCn2c(CC)nc3ccccc32)o1. The summed E-state index contributed by atoms with van der Waals surface area (Å²) >= 11 is 0. The van der Waals surface area contributed by atoms with Crippen molar-refractivity contribution in [1.82, 2.24) is 24.6 Å². The van der Waals surface area contributed by atoms with E-state index in [1.54, 1.807) is 11.9 Å². The summed E-state index contributed by atoms with van der Waals surface area (Å²) in [4.78, 5) is 18.7. The van der Waals surface area contributed by atoms with E-state index in [4.69, 9.17) is 4.42 Å². The number of aryl methyl sites for hydroxylation is 3. The molecule has 0 unspecified atom stereocenters. The molecule has 0 aliphatic heterocycles. The number of rotatable bonds is 7. The van der Waals surface area contributed by atoms with Gasteiger partial charge in [0.05, 0.1) is 17.6 Å². The summed E-state index contributed by atoms with van der Waals surface area (Å²) in [5.41, 5.74) is 2.04. The van der Waals surface area contributed by atoms with Crippen molar-refractivity contribution in [2.45, 2.75) is 46.2 Å². The van der Waals surface area contributed by atoms with Crippen molar-refractivity contribution < 1.29 is 9.21 Å². The molecule has 25 heavy (non-hydrogen) atoms. The van der Waals surface area contributed by atoms with Crippen LogP contribution in [0.1, 0.15) is 37.9 Å². The third-order valence-corrected chi connectivity index (χ3v) is 4.21. The Morgan fingerprint density at radius 2 is 1.92 bits per heavy atom. The fourth-order valence-corrected chi connectivity index (χ4v) is 2.83. The van der Waals surface area contributed by atoms with Crippen LogP contribution in [0.25, 0.3) is 11.0 Å². The zero-order valence-corrected chi connectivity index (χ0v) is 14.9. The number of nitrogens with zero attached hydrogens (tertiary/aromatic N) is 5. The van der Waals surface area contributed by atoms with Crippen molar-refractivity contribution >= 4 is 16.9 Å². The Labute approximate surface area is 146 Å². The minimum absolute atomic E-state index is 0.0380. The Bertz CT molecular complexity index is 867. The second kappa shape index (κ2) is 7.46. The van der Waals surface area contributed by atoms with E-state index < -0.39 is 0 Å². The normalized spacial score (nSPS) is 11.2. The van der Waals surface area contributed by atoms with E-state index in [2.05, 4.69) is 26.7 Å². The van der Waals surface area contributed by atoms with Gasteiger partial charge in [-0.3, -0.25) is 4.79 Å². The molecule has 0 atom stereocenters. The molecule has 0 radical (unpaired) electrons. The zero-order valence-electron chi connectivity index (χ0n) is 14.9. The Morgan fingerprint density at radius 1 is 1.16 bits per heavy atom. The summed E-state index contributed by atoms with van der Waals surface area (Å²) in [6.07, 6.45) is 1.93. The topological polar surface area (TPSA) is 77.1 Å². The van der Waals surface area contributed by atoms with Gasteiger partial charge >= 0.3 is 0 Å². The summed E-state index contributed by atoms with van der Waals surface area (Å²) in [6.45, 7) is 4.97. The van der Waals surface area contributed by atoms with Crippen LogP contribution in [-0.2, 0) is 30.7 Å². The molecule has 3 aromatic rings. The van der Waals surface area contributed by atoms with Gasteiger partial charge in [-0.2, -0.15) is 0 Å². The van der Waals surface area contributed by atoms with E-state index in [0.717, 1.165) is 23.3 Å². The van der Waals surface area contributed by atoms with E-state index >= 15 is 0 Å². The first-order valence-electron chi connectivity index (χ1n) is 8.61. The molecule has 3 rings (SSSR count). The quantitative estimate of drug-likeness (QED) is 0.660. The lowest BCUT2D eigenvalue weighted by atomic mass is 10.3. The van der Waals surface area contributed by atoms with Gasteiger partial charge in [-0.15, -0.1) is 10.2 Å². The summed E-state index contributed by atoms with van der Waals surface area (Å²) in [7, 11) is 1.75. The molecule has 7 nitrogen and oxygen atoms in total. The second-order valence-electron chi connectivity index (χ2n) is 5.96. The molecule has 2 aromatic heterocycles. The van der Waals surface area contributed by atoms with Crippen LogP contribution in [0.5, 0.6) is 0 Å². The third-order valence-electron chi connectivity index (χ3n) is 4.21. The number of hydrogen-bond acceptors (Lipinski definition) is 5. The van der Waals surface area contributed by atoms with Crippen molar-refractivity contribution in [2.75, 3.05) is 7.05 Å². The Morgan fingerprint density at radius 3 is 2.64 bits per heavy atom. The highest BCUT2D eigenvalue weighted by Crippen LogP contribution is 2.17. The molecule has 0 bridgehead atoms. The number of imidazole rings is 1. The van der Waals surface area contributed by atoms with E-state index in [9.17, 15) is 4.79 Å². The number of carbonyl (C=O) groups is 1. The summed E-state index contributed by atoms with van der Waals surface area (Å²) in [5.74, 6) is 2.10. The monoisotopic (exact) mass is 341 g/mol. The second-order valence-corrected chi connectivity index (χ2v) is 5.96. The summed E-state index contributed by atoms with van der Waals surface area (Å²) in [5, 5.41) is 7.89. The fourth-order valence-electron chi connectivity index (χ4n) is 2.83. The number of benzene rings is 1. The lowest BCUT2D eigenvalue weighted by molar-refractivity contribution is -0.130. The minimum Gasteiger partial charge on any atom is -0.423 e. The molecule has 132 valence electrons. The van der Waals surface area contributed by atoms with Gasteiger partial charge in [0.1, 0.15) is 5.82 Å². The number of aromatic nitrogens is 4. The van der Waals surface area contributed by atoms with Crippen LogP contribution in [0, 0.1) is 0 Å². The van der Waals surface area contributed by atoms with Crippen LogP contribution in [0.3, 0.4) is 0 Å². The van der Waals surface area contributed by atoms with Crippen molar-refractivity contribution in [1.29, 1.82) is 0 Å². The van der Waals surface area contributed by atoms with E-state index in [1.165, 1.54) is 0 Å². The standard InChI is InChI=1S/C18H23N5O2/c1-4-15-19-13-8-6-7-9-14(13)23(15)11-10-18(24)22(3)12-17-21-20-16(5-2)25-17/h6-9H,4-5,10-12H2,1-3H3. The molecule has 0 aliphatic carbocycles. The van der Waals surface area contributed by atoms with Gasteiger partial charge in [0, 0.05) is 32.9 Å². The van der Waals surface area contributed by atoms with E-state index in [0.29, 0.717) is 37.7 Å². The van der Waals surface area contributed by atoms with Gasteiger partial charge < -0.3 is 13.9 Å². The molecule has 0 aliphatic rings. The smallest absolute Gasteiger partial charge is 0.235 e. The highest BCUT2D eigenvalue weighted by atomic mass is 16.4. The predicted octanol–water partition coefficient (Wildman–Crippen LogP) is 2.59. The van der Waals surface area contributed by atoms with Crippen LogP contribution >= 0.6 is 0 Å². The molecular formula is C18H23N5O2. The number of hydrogen-bond donors (Lipinski definition) is 0. The molecular weight excluding hydrogens is 318 g/mol. The lowest BCUT2D eigenvalue weighted by Crippen LogP contribution is -2.27. The van der Waals surface area contributed by atoms with Gasteiger partial charge in [0.2, 0.25) is 17.7 Å². The lowest BCUT2D eigenvalue weighted by Gasteiger charge is -2.16. The van der Waals surface area contributed by atoms with Crippen molar-refractivity contribution in [3.05, 3.63) is 41.9 Å². The van der Waals surface area contributed by atoms with Gasteiger partial charge in [-0.1, -0.05) is 26.0 Å². The first-order valence-corrected chi connectivity index (χ1v) is 8.61. The molecule has 0 spiro atoms. The first-order chi connectivity index (χ1) is 12.1. The predicted molar refractivity (Wildman–Crippen MR) is 93.9 cm³/mol. The molecule has 1 amide bonds. The molecule has 1 aromatic carbocycles. The maximum atomic E-state index is 12.5. The van der Waals surface area contributed by atoms with Gasteiger partial charge in [0.25, 0.3) is 0 Å². The highest BCUT2D eigenvalue weighted by Gasteiger charge is 2.15. The molecule has 7 heteroatoms. The highest BCUT2D eigenvalue weighted by molar-refractivity contribution is 5.78. The van der Waals surface area contributed by atoms with Crippen LogP contribution in [-0.4, -0.2) is 37.6 Å². The molecule has 0 saturated heterocycles. The maximum Gasteiger partial charge on any atom is 0.235 e. The van der Waals surface area contributed by atoms with Crippen LogP contribution in [0.2, 0.25) is 0 Å².